The van der Waals surface area contributed by atoms with E-state index in [9.17, 15) is 9.59 Å². The van der Waals surface area contributed by atoms with Gasteiger partial charge in [-0.2, -0.15) is 0 Å². The maximum atomic E-state index is 12.8. The number of fused-ring (bicyclic) bond motifs is 1. The smallest absolute Gasteiger partial charge is 0.192 e. The van der Waals surface area contributed by atoms with Crippen LogP contribution in [0, 0.1) is 20.8 Å². The first-order chi connectivity index (χ1) is 11.8. The molecule has 3 aromatic rings. The van der Waals surface area contributed by atoms with Crippen molar-refractivity contribution in [2.45, 2.75) is 45.0 Å². The number of nitrogens with one attached hydrogen (secondary N) is 2. The van der Waals surface area contributed by atoms with E-state index in [1.54, 1.807) is 0 Å². The summed E-state index contributed by atoms with van der Waals surface area (Å²) in [5.74, 6) is -0.0620. The molecule has 6 heteroatoms. The second kappa shape index (κ2) is 6.52. The van der Waals surface area contributed by atoms with Gasteiger partial charge in [0, 0.05) is 11.3 Å². The lowest BCUT2D eigenvalue weighted by atomic mass is 10.0. The Morgan fingerprint density at radius 2 is 1.88 bits per heavy atom. The molecule has 0 saturated carbocycles. The van der Waals surface area contributed by atoms with Crippen molar-refractivity contribution in [2.24, 2.45) is 0 Å². The SMILES string of the molecule is CC(=O)c1c(C)[nH]c(C(=O)C(C)Sc2nc3ccc(C)cc3[nH]2)c1C. The summed E-state index contributed by atoms with van der Waals surface area (Å²) in [6.07, 6.45) is 0. The third kappa shape index (κ3) is 3.26. The van der Waals surface area contributed by atoms with Crippen molar-refractivity contribution in [3.63, 3.8) is 0 Å². The number of thioether (sulfide) groups is 1. The number of H-pyrrole nitrogens is 2. The third-order valence-corrected chi connectivity index (χ3v) is 5.29. The Balaban J connectivity index is 1.85. The van der Waals surface area contributed by atoms with Crippen LogP contribution in [0.1, 0.15) is 51.5 Å². The molecule has 2 heterocycles. The van der Waals surface area contributed by atoms with Crippen LogP contribution < -0.4 is 0 Å². The fourth-order valence-electron chi connectivity index (χ4n) is 3.10. The molecule has 1 atom stereocenters. The molecule has 0 fully saturated rings. The first-order valence-electron chi connectivity index (χ1n) is 8.15. The average Bonchev–Trinajstić information content (AvgIpc) is 3.05. The van der Waals surface area contributed by atoms with E-state index in [1.807, 2.05) is 45.9 Å². The molecular weight excluding hydrogens is 334 g/mol. The minimum Gasteiger partial charge on any atom is -0.355 e. The third-order valence-electron chi connectivity index (χ3n) is 4.31. The fraction of sp³-hybridized carbons (Fsp3) is 0.316. The highest BCUT2D eigenvalue weighted by atomic mass is 32.2. The predicted molar refractivity (Wildman–Crippen MR) is 101 cm³/mol. The van der Waals surface area contributed by atoms with Crippen molar-refractivity contribution in [1.82, 2.24) is 15.0 Å². The minimum atomic E-state index is -0.321. The molecule has 2 N–H and O–H groups in total. The minimum absolute atomic E-state index is 0.0294. The highest BCUT2D eigenvalue weighted by molar-refractivity contribution is 8.00. The number of benzene rings is 1. The number of aromatic nitrogens is 3. The summed E-state index contributed by atoms with van der Waals surface area (Å²) in [4.78, 5) is 35.5. The molecule has 0 amide bonds. The Labute approximate surface area is 150 Å². The van der Waals surface area contributed by atoms with Crippen LogP contribution >= 0.6 is 11.8 Å². The summed E-state index contributed by atoms with van der Waals surface area (Å²) < 4.78 is 0. The van der Waals surface area contributed by atoms with Gasteiger partial charge >= 0.3 is 0 Å². The average molecular weight is 355 g/mol. The van der Waals surface area contributed by atoms with Crippen LogP contribution in [0.5, 0.6) is 0 Å². The first-order valence-corrected chi connectivity index (χ1v) is 9.03. The Morgan fingerprint density at radius 1 is 1.16 bits per heavy atom. The molecule has 0 spiro atoms. The van der Waals surface area contributed by atoms with Gasteiger partial charge < -0.3 is 9.97 Å². The van der Waals surface area contributed by atoms with Crippen molar-refractivity contribution < 1.29 is 9.59 Å². The van der Waals surface area contributed by atoms with Gasteiger partial charge in [-0.15, -0.1) is 0 Å². The number of ketones is 2. The van der Waals surface area contributed by atoms with Crippen molar-refractivity contribution in [3.05, 3.63) is 46.3 Å². The number of aromatic amines is 2. The van der Waals surface area contributed by atoms with Gasteiger partial charge in [-0.1, -0.05) is 17.8 Å². The molecule has 0 saturated heterocycles. The van der Waals surface area contributed by atoms with Crippen LogP contribution in [0.2, 0.25) is 0 Å². The quantitative estimate of drug-likeness (QED) is 0.526. The lowest BCUT2D eigenvalue weighted by molar-refractivity contribution is 0.0988. The summed E-state index contributed by atoms with van der Waals surface area (Å²) in [6, 6.07) is 6.02. The van der Waals surface area contributed by atoms with Crippen molar-refractivity contribution in [1.29, 1.82) is 0 Å². The lowest BCUT2D eigenvalue weighted by Gasteiger charge is -2.08. The maximum absolute atomic E-state index is 12.8. The zero-order valence-corrected chi connectivity index (χ0v) is 15.8. The number of Topliss-reactive ketones (excluding diaryl/α,β-unsaturated/α-hetero) is 2. The molecule has 0 aliphatic heterocycles. The van der Waals surface area contributed by atoms with Crippen molar-refractivity contribution in [3.8, 4) is 0 Å². The van der Waals surface area contributed by atoms with Crippen LogP contribution in [0.4, 0.5) is 0 Å². The number of aryl methyl sites for hydroxylation is 2. The molecule has 1 aromatic carbocycles. The zero-order chi connectivity index (χ0) is 18.3. The van der Waals surface area contributed by atoms with Gasteiger partial charge in [-0.05, 0) is 57.9 Å². The molecule has 0 aliphatic rings. The number of carbonyl (C=O) groups excluding carboxylic acids is 2. The zero-order valence-electron chi connectivity index (χ0n) is 15.0. The molecule has 5 nitrogen and oxygen atoms in total. The second-order valence-corrected chi connectivity index (χ2v) is 7.70. The van der Waals surface area contributed by atoms with Gasteiger partial charge in [0.25, 0.3) is 0 Å². The molecule has 3 rings (SSSR count). The largest absolute Gasteiger partial charge is 0.355 e. The predicted octanol–water partition coefficient (Wildman–Crippen LogP) is 4.38. The summed E-state index contributed by atoms with van der Waals surface area (Å²) in [7, 11) is 0. The number of imidazole rings is 1. The fourth-order valence-corrected chi connectivity index (χ4v) is 3.98. The molecule has 0 bridgehead atoms. The van der Waals surface area contributed by atoms with Crippen LogP contribution in [0.25, 0.3) is 11.0 Å². The lowest BCUT2D eigenvalue weighted by Crippen LogP contribution is -2.15. The normalized spacial score (nSPS) is 12.5. The summed E-state index contributed by atoms with van der Waals surface area (Å²) >= 11 is 1.39. The first kappa shape index (κ1) is 17.5. The molecule has 0 aliphatic carbocycles. The summed E-state index contributed by atoms with van der Waals surface area (Å²) in [5, 5.41) is 0.396. The highest BCUT2D eigenvalue weighted by Gasteiger charge is 2.25. The van der Waals surface area contributed by atoms with Crippen LogP contribution in [0.3, 0.4) is 0 Å². The monoisotopic (exact) mass is 355 g/mol. The molecule has 25 heavy (non-hydrogen) atoms. The molecular formula is C19H21N3O2S. The highest BCUT2D eigenvalue weighted by Crippen LogP contribution is 2.28. The number of rotatable bonds is 5. The number of hydrogen-bond acceptors (Lipinski definition) is 4. The van der Waals surface area contributed by atoms with Crippen LogP contribution in [-0.2, 0) is 0 Å². The van der Waals surface area contributed by atoms with Gasteiger partial charge in [0.1, 0.15) is 0 Å². The van der Waals surface area contributed by atoms with E-state index >= 15 is 0 Å². The number of hydrogen-bond donors (Lipinski definition) is 2. The van der Waals surface area contributed by atoms with E-state index in [4.69, 9.17) is 0 Å². The van der Waals surface area contributed by atoms with E-state index in [0.717, 1.165) is 27.9 Å². The summed E-state index contributed by atoms with van der Waals surface area (Å²) in [5.41, 5.74) is 5.60. The molecule has 0 radical (unpaired) electrons. The second-order valence-electron chi connectivity index (χ2n) is 6.37. The van der Waals surface area contributed by atoms with Crippen molar-refractivity contribution in [2.75, 3.05) is 0 Å². The summed E-state index contributed by atoms with van der Waals surface area (Å²) in [6.45, 7) is 9.04. The van der Waals surface area contributed by atoms with E-state index < -0.39 is 0 Å². The number of carbonyl (C=O) groups is 2. The van der Waals surface area contributed by atoms with Gasteiger partial charge in [-0.25, -0.2) is 4.98 Å². The van der Waals surface area contributed by atoms with Gasteiger partial charge in [0.2, 0.25) is 0 Å². The van der Waals surface area contributed by atoms with Gasteiger partial charge in [0.15, 0.2) is 16.7 Å². The standard InChI is InChI=1S/C19H21N3O2S/c1-9-6-7-14-15(8-9)22-19(21-14)25-13(5)18(24)17-10(2)16(12(4)23)11(3)20-17/h6-8,13,20H,1-5H3,(H,21,22). The van der Waals surface area contributed by atoms with Gasteiger partial charge in [0.05, 0.1) is 22.0 Å². The van der Waals surface area contributed by atoms with E-state index in [1.165, 1.54) is 18.7 Å². The molecule has 1 unspecified atom stereocenters. The molecule has 130 valence electrons. The Bertz CT molecular complexity index is 984. The van der Waals surface area contributed by atoms with Crippen LogP contribution in [-0.4, -0.2) is 31.8 Å². The molecule has 2 aromatic heterocycles. The topological polar surface area (TPSA) is 78.6 Å². The Hall–Kier alpha value is -2.34. The van der Waals surface area contributed by atoms with E-state index in [2.05, 4.69) is 15.0 Å². The van der Waals surface area contributed by atoms with Crippen LogP contribution in [0.15, 0.2) is 23.4 Å². The Kier molecular flexibility index (Phi) is 4.56. The van der Waals surface area contributed by atoms with Crippen molar-refractivity contribution >= 4 is 34.4 Å². The Morgan fingerprint density at radius 3 is 2.52 bits per heavy atom. The van der Waals surface area contributed by atoms with E-state index in [0.29, 0.717) is 16.4 Å². The van der Waals surface area contributed by atoms with E-state index in [-0.39, 0.29) is 16.8 Å². The van der Waals surface area contributed by atoms with Gasteiger partial charge in [-0.3, -0.25) is 9.59 Å². The number of nitrogens with zero attached hydrogens (tertiary/aromatic N) is 1. The maximum Gasteiger partial charge on any atom is 0.192 e.